The van der Waals surface area contributed by atoms with Crippen molar-refractivity contribution in [2.75, 3.05) is 7.11 Å². The van der Waals surface area contributed by atoms with E-state index in [0.29, 0.717) is 0 Å². The molecule has 0 aromatic heterocycles. The lowest BCUT2D eigenvalue weighted by Crippen LogP contribution is -2.04. The minimum atomic E-state index is -4.42. The topological polar surface area (TPSA) is 26.3 Å². The Balaban J connectivity index is 2.91. The van der Waals surface area contributed by atoms with E-state index in [1.54, 1.807) is 0 Å². The number of hydrogen-bond donors (Lipinski definition) is 0. The molecule has 2 nitrogen and oxygen atoms in total. The molecule has 0 heterocycles. The van der Waals surface area contributed by atoms with Crippen molar-refractivity contribution in [3.8, 4) is 0 Å². The third-order valence-electron chi connectivity index (χ3n) is 2.13. The lowest BCUT2D eigenvalue weighted by Gasteiger charge is -2.08. The summed E-state index contributed by atoms with van der Waals surface area (Å²) >= 11 is 5.76. The molecule has 1 rings (SSSR count). The van der Waals surface area contributed by atoms with Crippen LogP contribution in [0.5, 0.6) is 0 Å². The number of alkyl halides is 3. The lowest BCUT2D eigenvalue weighted by molar-refractivity contribution is -0.139. The first-order chi connectivity index (χ1) is 8.34. The smallest absolute Gasteiger partial charge is 0.416 e. The highest BCUT2D eigenvalue weighted by Crippen LogP contribution is 2.32. The van der Waals surface area contributed by atoms with Crippen LogP contribution < -0.4 is 0 Å². The number of benzene rings is 1. The number of hydrogen-bond acceptors (Lipinski definition) is 2. The quantitative estimate of drug-likeness (QED) is 0.783. The molecule has 0 saturated carbocycles. The fourth-order valence-corrected chi connectivity index (χ4v) is 1.39. The molecule has 0 aliphatic rings. The fourth-order valence-electron chi connectivity index (χ4n) is 1.21. The highest BCUT2D eigenvalue weighted by molar-refractivity contribution is 6.32. The van der Waals surface area contributed by atoms with E-state index in [1.165, 1.54) is 25.3 Å². The van der Waals surface area contributed by atoms with Crippen molar-refractivity contribution in [2.45, 2.75) is 12.6 Å². The molecule has 18 heavy (non-hydrogen) atoms. The first kappa shape index (κ1) is 14.6. The second-order valence-corrected chi connectivity index (χ2v) is 3.82. The van der Waals surface area contributed by atoms with Crippen molar-refractivity contribution in [3.63, 3.8) is 0 Å². The number of methoxy groups -OCH3 is 1. The molecule has 0 saturated heterocycles. The van der Waals surface area contributed by atoms with Gasteiger partial charge in [-0.25, -0.2) is 0 Å². The average molecular weight is 279 g/mol. The average Bonchev–Trinajstić information content (AvgIpc) is 2.29. The maximum atomic E-state index is 12.5. The Morgan fingerprint density at radius 3 is 2.67 bits per heavy atom. The Bertz CT molecular complexity index is 467. The maximum absolute atomic E-state index is 12.5. The Morgan fingerprint density at radius 1 is 1.44 bits per heavy atom. The van der Waals surface area contributed by atoms with Gasteiger partial charge in [0.25, 0.3) is 0 Å². The van der Waals surface area contributed by atoms with Gasteiger partial charge in [-0.2, -0.15) is 13.2 Å². The summed E-state index contributed by atoms with van der Waals surface area (Å²) in [6.45, 7) is 0. The minimum absolute atomic E-state index is 0.0247. The first-order valence-electron chi connectivity index (χ1n) is 4.94. The zero-order chi connectivity index (χ0) is 13.8. The van der Waals surface area contributed by atoms with Gasteiger partial charge in [-0.3, -0.25) is 4.79 Å². The lowest BCUT2D eigenvalue weighted by atomic mass is 10.1. The molecule has 0 aliphatic carbocycles. The molecule has 0 bridgehead atoms. The van der Waals surface area contributed by atoms with Crippen molar-refractivity contribution in [1.29, 1.82) is 0 Å². The highest BCUT2D eigenvalue weighted by atomic mass is 35.5. The van der Waals surface area contributed by atoms with E-state index >= 15 is 0 Å². The summed E-state index contributed by atoms with van der Waals surface area (Å²) in [4.78, 5) is 10.8. The van der Waals surface area contributed by atoms with Crippen LogP contribution >= 0.6 is 11.6 Å². The molecule has 0 atom stereocenters. The molecule has 1 aromatic carbocycles. The molecular weight excluding hydrogens is 269 g/mol. The number of carbonyl (C=O) groups is 1. The Labute approximate surface area is 107 Å². The highest BCUT2D eigenvalue weighted by Gasteiger charge is 2.30. The molecule has 0 aliphatic heterocycles. The summed E-state index contributed by atoms with van der Waals surface area (Å²) in [7, 11) is 1.23. The van der Waals surface area contributed by atoms with Crippen LogP contribution in [-0.4, -0.2) is 13.1 Å². The predicted molar refractivity (Wildman–Crippen MR) is 62.1 cm³/mol. The van der Waals surface area contributed by atoms with E-state index in [9.17, 15) is 18.0 Å². The third-order valence-corrected chi connectivity index (χ3v) is 2.48. The minimum Gasteiger partial charge on any atom is -0.469 e. The number of ether oxygens (including phenoxy) is 1. The molecule has 98 valence electrons. The van der Waals surface area contributed by atoms with E-state index in [4.69, 9.17) is 11.6 Å². The van der Waals surface area contributed by atoms with Crippen LogP contribution in [0, 0.1) is 0 Å². The summed E-state index contributed by atoms with van der Waals surface area (Å²) in [6.07, 6.45) is -1.69. The van der Waals surface area contributed by atoms with E-state index in [2.05, 4.69) is 4.74 Å². The summed E-state index contributed by atoms with van der Waals surface area (Å²) in [5, 5.41) is 0.184. The molecule has 0 spiro atoms. The number of halogens is 4. The van der Waals surface area contributed by atoms with Crippen LogP contribution in [0.3, 0.4) is 0 Å². The van der Waals surface area contributed by atoms with E-state index in [-0.39, 0.29) is 17.0 Å². The molecule has 0 fully saturated rings. The predicted octanol–water partition coefficient (Wildman–Crippen LogP) is 3.94. The second-order valence-electron chi connectivity index (χ2n) is 3.42. The summed E-state index contributed by atoms with van der Waals surface area (Å²) < 4.78 is 41.8. The van der Waals surface area contributed by atoms with Gasteiger partial charge in [-0.15, -0.1) is 0 Å². The van der Waals surface area contributed by atoms with Crippen molar-refractivity contribution in [3.05, 3.63) is 40.4 Å². The van der Waals surface area contributed by atoms with Crippen molar-refractivity contribution >= 4 is 23.6 Å². The van der Waals surface area contributed by atoms with Gasteiger partial charge >= 0.3 is 12.1 Å². The SMILES string of the molecule is COC(=O)CC=Cc1cc(C(F)(F)F)ccc1Cl. The molecule has 1 aromatic rings. The van der Waals surface area contributed by atoms with Crippen LogP contribution in [0.4, 0.5) is 13.2 Å². The van der Waals surface area contributed by atoms with Crippen molar-refractivity contribution in [1.82, 2.24) is 0 Å². The summed E-state index contributed by atoms with van der Waals surface area (Å²) in [5.41, 5.74) is -0.583. The number of rotatable bonds is 3. The zero-order valence-electron chi connectivity index (χ0n) is 9.42. The van der Waals surface area contributed by atoms with E-state index in [1.807, 2.05) is 0 Å². The van der Waals surface area contributed by atoms with Gasteiger partial charge in [0, 0.05) is 5.02 Å². The summed E-state index contributed by atoms with van der Waals surface area (Å²) in [6, 6.07) is 3.00. The fraction of sp³-hybridized carbons (Fsp3) is 0.250. The Morgan fingerprint density at radius 2 is 2.11 bits per heavy atom. The molecule has 0 N–H and O–H groups in total. The van der Waals surface area contributed by atoms with Crippen LogP contribution in [0.25, 0.3) is 6.08 Å². The van der Waals surface area contributed by atoms with Crippen LogP contribution in [-0.2, 0) is 15.7 Å². The number of esters is 1. The van der Waals surface area contributed by atoms with Crippen LogP contribution in [0.1, 0.15) is 17.5 Å². The van der Waals surface area contributed by atoms with E-state index < -0.39 is 17.7 Å². The Hall–Kier alpha value is -1.49. The molecule has 0 radical (unpaired) electrons. The van der Waals surface area contributed by atoms with Gasteiger partial charge < -0.3 is 4.74 Å². The van der Waals surface area contributed by atoms with Gasteiger partial charge in [0.2, 0.25) is 0 Å². The first-order valence-corrected chi connectivity index (χ1v) is 5.32. The van der Waals surface area contributed by atoms with Crippen molar-refractivity contribution < 1.29 is 22.7 Å². The molecular formula is C12H10ClF3O2. The van der Waals surface area contributed by atoms with E-state index in [0.717, 1.165) is 12.1 Å². The Kier molecular flexibility index (Phi) is 4.78. The largest absolute Gasteiger partial charge is 0.469 e. The third kappa shape index (κ3) is 4.07. The maximum Gasteiger partial charge on any atom is 0.416 e. The van der Waals surface area contributed by atoms with Crippen molar-refractivity contribution in [2.24, 2.45) is 0 Å². The molecule has 0 unspecified atom stereocenters. The van der Waals surface area contributed by atoms with Gasteiger partial charge in [-0.1, -0.05) is 23.8 Å². The van der Waals surface area contributed by atoms with Gasteiger partial charge in [-0.05, 0) is 23.8 Å². The second kappa shape index (κ2) is 5.91. The van der Waals surface area contributed by atoms with Crippen LogP contribution in [0.15, 0.2) is 24.3 Å². The van der Waals surface area contributed by atoms with Gasteiger partial charge in [0.1, 0.15) is 0 Å². The zero-order valence-corrected chi connectivity index (χ0v) is 10.2. The van der Waals surface area contributed by atoms with Gasteiger partial charge in [0.15, 0.2) is 0 Å². The normalized spacial score (nSPS) is 11.8. The standard InChI is InChI=1S/C12H10ClF3O2/c1-18-11(17)4-2-3-8-7-9(12(14,15)16)5-6-10(8)13/h2-3,5-7H,4H2,1H3. The monoisotopic (exact) mass is 278 g/mol. The summed E-state index contributed by atoms with van der Waals surface area (Å²) in [5.74, 6) is -0.477. The number of carbonyl (C=O) groups excluding carboxylic acids is 1. The van der Waals surface area contributed by atoms with Gasteiger partial charge in [0.05, 0.1) is 19.1 Å². The van der Waals surface area contributed by atoms with Crippen LogP contribution in [0.2, 0.25) is 5.02 Å². The molecule has 0 amide bonds. The molecule has 6 heteroatoms.